The first-order valence-corrected chi connectivity index (χ1v) is 4.66. The largest absolute Gasteiger partial charge is 0.458 e. The van der Waals surface area contributed by atoms with Gasteiger partial charge in [0.2, 0.25) is 6.10 Å². The molecule has 0 N–H and O–H groups in total. The number of hydrogen-bond acceptors (Lipinski definition) is 4. The van der Waals surface area contributed by atoms with E-state index in [4.69, 9.17) is 4.74 Å². The average molecular weight is 206 g/mol. The van der Waals surface area contributed by atoms with E-state index in [9.17, 15) is 9.59 Å². The molecule has 78 valence electrons. The fourth-order valence-electron chi connectivity index (χ4n) is 1.25. The topological polar surface area (TPSA) is 52.6 Å². The van der Waals surface area contributed by atoms with Crippen molar-refractivity contribution in [2.75, 3.05) is 0 Å². The van der Waals surface area contributed by atoms with Crippen LogP contribution in [-0.2, 0) is 25.7 Å². The minimum atomic E-state index is -0.693. The zero-order valence-electron chi connectivity index (χ0n) is 8.01. The third-order valence-electron chi connectivity index (χ3n) is 2.11. The lowest BCUT2D eigenvalue weighted by molar-refractivity contribution is -0.186. The van der Waals surface area contributed by atoms with Gasteiger partial charge in [-0.05, 0) is 5.56 Å². The molecule has 0 spiro atoms. The van der Waals surface area contributed by atoms with E-state index in [2.05, 4.69) is 4.74 Å². The Bertz CT molecular complexity index is 363. The van der Waals surface area contributed by atoms with Gasteiger partial charge in [-0.2, -0.15) is 0 Å². The SMILES string of the molecule is O=C1C[C@H](C(=O)OCc2ccccc2)O1. The molecule has 0 amide bonds. The zero-order valence-corrected chi connectivity index (χ0v) is 8.01. The predicted molar refractivity (Wildman–Crippen MR) is 50.7 cm³/mol. The Labute approximate surface area is 86.8 Å². The summed E-state index contributed by atoms with van der Waals surface area (Å²) in [5.74, 6) is -0.824. The van der Waals surface area contributed by atoms with E-state index in [0.717, 1.165) is 5.56 Å². The van der Waals surface area contributed by atoms with Crippen LogP contribution in [0.2, 0.25) is 0 Å². The van der Waals surface area contributed by atoms with E-state index in [0.29, 0.717) is 0 Å². The van der Waals surface area contributed by atoms with Gasteiger partial charge in [-0.1, -0.05) is 30.3 Å². The molecule has 1 fully saturated rings. The molecular weight excluding hydrogens is 196 g/mol. The van der Waals surface area contributed by atoms with Gasteiger partial charge >= 0.3 is 11.9 Å². The summed E-state index contributed by atoms with van der Waals surface area (Å²) in [5, 5.41) is 0. The third kappa shape index (κ3) is 2.34. The van der Waals surface area contributed by atoms with E-state index in [1.54, 1.807) is 0 Å². The van der Waals surface area contributed by atoms with Gasteiger partial charge in [0.25, 0.3) is 0 Å². The Morgan fingerprint density at radius 1 is 1.40 bits per heavy atom. The first kappa shape index (κ1) is 9.71. The fourth-order valence-corrected chi connectivity index (χ4v) is 1.25. The lowest BCUT2D eigenvalue weighted by Crippen LogP contribution is -2.40. The quantitative estimate of drug-likeness (QED) is 0.693. The number of esters is 2. The van der Waals surface area contributed by atoms with E-state index in [1.165, 1.54) is 0 Å². The minimum absolute atomic E-state index is 0.133. The molecule has 0 radical (unpaired) electrons. The van der Waals surface area contributed by atoms with Crippen LogP contribution in [0.5, 0.6) is 0 Å². The fraction of sp³-hybridized carbons (Fsp3) is 0.273. The summed E-state index contributed by atoms with van der Waals surface area (Å²) in [6.07, 6.45) is -0.561. The molecule has 1 aliphatic heterocycles. The van der Waals surface area contributed by atoms with Crippen molar-refractivity contribution in [3.63, 3.8) is 0 Å². The molecule has 1 atom stereocenters. The van der Waals surface area contributed by atoms with Gasteiger partial charge < -0.3 is 9.47 Å². The molecular formula is C11H10O4. The molecule has 1 aromatic rings. The zero-order chi connectivity index (χ0) is 10.7. The molecule has 0 saturated carbocycles. The Hall–Kier alpha value is -1.84. The highest BCUT2D eigenvalue weighted by Crippen LogP contribution is 2.15. The molecule has 0 aliphatic carbocycles. The van der Waals surface area contributed by atoms with Crippen LogP contribution in [0.4, 0.5) is 0 Å². The van der Waals surface area contributed by atoms with Gasteiger partial charge in [0.05, 0.1) is 6.42 Å². The molecule has 0 unspecified atom stereocenters. The van der Waals surface area contributed by atoms with Crippen LogP contribution in [0.1, 0.15) is 12.0 Å². The molecule has 0 bridgehead atoms. The van der Waals surface area contributed by atoms with Crippen molar-refractivity contribution in [1.82, 2.24) is 0 Å². The number of cyclic esters (lactones) is 1. The predicted octanol–water partition coefficient (Wildman–Crippen LogP) is 1.05. The van der Waals surface area contributed by atoms with Crippen LogP contribution in [0.15, 0.2) is 30.3 Å². The maximum atomic E-state index is 11.2. The number of ether oxygens (including phenoxy) is 2. The Morgan fingerprint density at radius 2 is 2.07 bits per heavy atom. The summed E-state index contributed by atoms with van der Waals surface area (Å²) in [4.78, 5) is 21.7. The van der Waals surface area contributed by atoms with Crippen molar-refractivity contribution in [2.45, 2.75) is 19.1 Å². The highest BCUT2D eigenvalue weighted by atomic mass is 16.6. The second-order valence-electron chi connectivity index (χ2n) is 3.28. The van der Waals surface area contributed by atoms with Crippen LogP contribution < -0.4 is 0 Å². The first-order valence-electron chi connectivity index (χ1n) is 4.66. The van der Waals surface area contributed by atoms with Crippen molar-refractivity contribution in [2.24, 2.45) is 0 Å². The van der Waals surface area contributed by atoms with Crippen LogP contribution in [-0.4, -0.2) is 18.0 Å². The minimum Gasteiger partial charge on any atom is -0.458 e. The number of carbonyl (C=O) groups is 2. The average Bonchev–Trinajstić information content (AvgIpc) is 2.23. The highest BCUT2D eigenvalue weighted by Gasteiger charge is 2.36. The second-order valence-corrected chi connectivity index (χ2v) is 3.28. The maximum Gasteiger partial charge on any atom is 0.348 e. The number of carbonyl (C=O) groups excluding carboxylic acids is 2. The summed E-state index contributed by atoms with van der Waals surface area (Å²) in [5.41, 5.74) is 0.913. The number of hydrogen-bond donors (Lipinski definition) is 0. The summed E-state index contributed by atoms with van der Waals surface area (Å²) in [6.45, 7) is 0.216. The van der Waals surface area contributed by atoms with Crippen LogP contribution >= 0.6 is 0 Å². The Kier molecular flexibility index (Phi) is 2.67. The van der Waals surface area contributed by atoms with E-state index < -0.39 is 12.1 Å². The summed E-state index contributed by atoms with van der Waals surface area (Å²) < 4.78 is 9.54. The molecule has 4 heteroatoms. The first-order chi connectivity index (χ1) is 7.25. The molecule has 1 aromatic carbocycles. The van der Waals surface area contributed by atoms with Gasteiger partial charge in [-0.3, -0.25) is 4.79 Å². The molecule has 1 saturated heterocycles. The Balaban J connectivity index is 1.79. The van der Waals surface area contributed by atoms with Gasteiger partial charge in [0, 0.05) is 0 Å². The molecule has 1 aliphatic rings. The van der Waals surface area contributed by atoms with Gasteiger partial charge in [-0.25, -0.2) is 4.79 Å². The van der Waals surface area contributed by atoms with Gasteiger partial charge in [0.15, 0.2) is 0 Å². The van der Waals surface area contributed by atoms with Crippen molar-refractivity contribution in [3.05, 3.63) is 35.9 Å². The molecule has 2 rings (SSSR count). The van der Waals surface area contributed by atoms with Gasteiger partial charge in [-0.15, -0.1) is 0 Å². The lowest BCUT2D eigenvalue weighted by Gasteiger charge is -2.23. The standard InChI is InChI=1S/C11H10O4/c12-10-6-9(15-10)11(13)14-7-8-4-2-1-3-5-8/h1-5,9H,6-7H2/t9-/m1/s1. The molecule has 1 heterocycles. The highest BCUT2D eigenvalue weighted by molar-refractivity contribution is 5.89. The van der Waals surface area contributed by atoms with Crippen LogP contribution in [0, 0.1) is 0 Å². The third-order valence-corrected chi connectivity index (χ3v) is 2.11. The van der Waals surface area contributed by atoms with Crippen LogP contribution in [0.25, 0.3) is 0 Å². The maximum absolute atomic E-state index is 11.2. The Morgan fingerprint density at radius 3 is 2.67 bits per heavy atom. The normalized spacial score (nSPS) is 18.9. The molecule has 15 heavy (non-hydrogen) atoms. The van der Waals surface area contributed by atoms with Crippen LogP contribution in [0.3, 0.4) is 0 Å². The van der Waals surface area contributed by atoms with E-state index >= 15 is 0 Å². The number of benzene rings is 1. The van der Waals surface area contributed by atoms with Crippen molar-refractivity contribution in [1.29, 1.82) is 0 Å². The smallest absolute Gasteiger partial charge is 0.348 e. The van der Waals surface area contributed by atoms with Crippen molar-refractivity contribution >= 4 is 11.9 Å². The second kappa shape index (κ2) is 4.13. The van der Waals surface area contributed by atoms with Crippen molar-refractivity contribution in [3.8, 4) is 0 Å². The lowest BCUT2D eigenvalue weighted by atomic mass is 10.2. The van der Waals surface area contributed by atoms with E-state index in [-0.39, 0.29) is 19.0 Å². The summed E-state index contributed by atoms with van der Waals surface area (Å²) in [7, 11) is 0. The summed E-state index contributed by atoms with van der Waals surface area (Å²) in [6, 6.07) is 9.35. The molecule has 4 nitrogen and oxygen atoms in total. The number of rotatable bonds is 3. The molecule has 0 aromatic heterocycles. The summed E-state index contributed by atoms with van der Waals surface area (Å²) >= 11 is 0. The van der Waals surface area contributed by atoms with Gasteiger partial charge in [0.1, 0.15) is 6.61 Å². The monoisotopic (exact) mass is 206 g/mol. The van der Waals surface area contributed by atoms with Crippen molar-refractivity contribution < 1.29 is 19.1 Å². The van der Waals surface area contributed by atoms with E-state index in [1.807, 2.05) is 30.3 Å².